The molecule has 0 aromatic rings. The zero-order valence-electron chi connectivity index (χ0n) is 12.5. The van der Waals surface area contributed by atoms with Crippen LogP contribution in [-0.4, -0.2) is 11.2 Å². The molecule has 0 aromatic carbocycles. The molecule has 0 aliphatic carbocycles. The smallest absolute Gasteiger partial charge is 0.256 e. The lowest BCUT2D eigenvalue weighted by atomic mass is 10.2. The summed E-state index contributed by atoms with van der Waals surface area (Å²) in [6, 6.07) is 0. The van der Waals surface area contributed by atoms with E-state index in [4.69, 9.17) is 53.1 Å². The molecule has 0 bridgehead atoms. The van der Waals surface area contributed by atoms with Gasteiger partial charge in [-0.3, -0.25) is 8.62 Å². The molecule has 0 saturated carbocycles. The van der Waals surface area contributed by atoms with Gasteiger partial charge in [-0.1, -0.05) is 36.7 Å². The summed E-state index contributed by atoms with van der Waals surface area (Å²) in [6.07, 6.45) is 0. The predicted octanol–water partition coefficient (Wildman–Crippen LogP) is 6.11. The standard InChI is InChI=1S/C8H21O4P3S6/c1-7(2,3)9-13(16,17)11-15(20,21)12-14(18,19)10-8(4,5)6/h1-6H3,(H,16,17)(H,18,19)(H,20,21). The van der Waals surface area contributed by atoms with Gasteiger partial charge in [0.1, 0.15) is 0 Å². The maximum absolute atomic E-state index is 5.59. The van der Waals surface area contributed by atoms with Crippen LogP contribution in [0.25, 0.3) is 0 Å². The minimum absolute atomic E-state index is 0.524. The van der Waals surface area contributed by atoms with Gasteiger partial charge in [0.15, 0.2) is 0 Å². The van der Waals surface area contributed by atoms with Gasteiger partial charge in [0, 0.05) is 0 Å². The molecule has 0 aliphatic rings. The molecule has 0 aliphatic heterocycles. The fraction of sp³-hybridized carbons (Fsp3) is 1.00. The highest BCUT2D eigenvalue weighted by molar-refractivity contribution is 8.68. The molecule has 0 fully saturated rings. The van der Waals surface area contributed by atoms with Gasteiger partial charge in [0.25, 0.3) is 17.1 Å². The Hall–Kier alpha value is 2.84. The van der Waals surface area contributed by atoms with E-state index in [9.17, 15) is 0 Å². The number of thiol groups is 3. The van der Waals surface area contributed by atoms with Crippen molar-refractivity contribution < 1.29 is 17.7 Å². The molecule has 0 spiro atoms. The van der Waals surface area contributed by atoms with Crippen molar-refractivity contribution in [3.63, 3.8) is 0 Å². The highest BCUT2D eigenvalue weighted by Gasteiger charge is 2.34. The normalized spacial score (nSPS) is 22.1. The second kappa shape index (κ2) is 8.03. The average Bonchev–Trinajstić information content (AvgIpc) is 1.83. The van der Waals surface area contributed by atoms with Crippen molar-refractivity contribution in [2.24, 2.45) is 0 Å². The van der Waals surface area contributed by atoms with Crippen LogP contribution in [0.2, 0.25) is 0 Å². The molecule has 0 rings (SSSR count). The van der Waals surface area contributed by atoms with E-state index >= 15 is 0 Å². The fourth-order valence-corrected chi connectivity index (χ4v) is 18.6. The van der Waals surface area contributed by atoms with Crippen LogP contribution in [0.1, 0.15) is 41.5 Å². The van der Waals surface area contributed by atoms with Gasteiger partial charge in [-0.15, -0.1) is 0 Å². The van der Waals surface area contributed by atoms with Crippen molar-refractivity contribution in [1.82, 2.24) is 0 Å². The maximum Gasteiger partial charge on any atom is 0.256 e. The average molecular weight is 467 g/mol. The van der Waals surface area contributed by atoms with E-state index in [-0.39, 0.29) is 0 Å². The second-order valence-corrected chi connectivity index (χ2v) is 22.0. The summed E-state index contributed by atoms with van der Waals surface area (Å²) in [6.45, 7) is 11.0. The molecular weight excluding hydrogens is 445 g/mol. The minimum atomic E-state index is -3.09. The molecule has 0 heterocycles. The highest BCUT2D eigenvalue weighted by atomic mass is 32.9. The van der Waals surface area contributed by atoms with Gasteiger partial charge in [-0.05, 0) is 77.0 Å². The number of rotatable bonds is 6. The molecule has 0 amide bonds. The van der Waals surface area contributed by atoms with E-state index in [1.165, 1.54) is 0 Å². The maximum atomic E-state index is 5.59. The van der Waals surface area contributed by atoms with Gasteiger partial charge in [0.05, 0.1) is 11.2 Å². The van der Waals surface area contributed by atoms with E-state index < -0.39 is 28.3 Å². The third-order valence-corrected chi connectivity index (χ3v) is 12.0. The third kappa shape index (κ3) is 13.8. The van der Waals surface area contributed by atoms with Crippen LogP contribution < -0.4 is 0 Å². The topological polar surface area (TPSA) is 36.9 Å². The van der Waals surface area contributed by atoms with Crippen molar-refractivity contribution >= 4 is 89.2 Å². The Morgan fingerprint density at radius 3 is 1.05 bits per heavy atom. The summed E-state index contributed by atoms with van der Waals surface area (Å²) in [5.41, 5.74) is -9.98. The van der Waals surface area contributed by atoms with Gasteiger partial charge < -0.3 is 9.05 Å². The molecule has 0 N–H and O–H groups in total. The van der Waals surface area contributed by atoms with E-state index in [0.717, 1.165) is 0 Å². The molecular formula is C8H21O4P3S6. The monoisotopic (exact) mass is 466 g/mol. The third-order valence-electron chi connectivity index (χ3n) is 1.19. The lowest BCUT2D eigenvalue weighted by Crippen LogP contribution is -2.17. The van der Waals surface area contributed by atoms with Crippen molar-refractivity contribution in [3.05, 3.63) is 0 Å². The molecule has 13 heteroatoms. The van der Waals surface area contributed by atoms with Crippen LogP contribution >= 0.6 is 53.8 Å². The highest BCUT2D eigenvalue weighted by Crippen LogP contribution is 2.77. The van der Waals surface area contributed by atoms with Crippen LogP contribution in [0.4, 0.5) is 0 Å². The van der Waals surface area contributed by atoms with Crippen LogP contribution in [0, 0.1) is 0 Å². The Balaban J connectivity index is 4.97. The van der Waals surface area contributed by atoms with Gasteiger partial charge in [-0.25, -0.2) is 0 Å². The Morgan fingerprint density at radius 1 is 0.619 bits per heavy atom. The zero-order valence-corrected chi connectivity index (χ0v) is 20.4. The lowest BCUT2D eigenvalue weighted by Gasteiger charge is -2.32. The lowest BCUT2D eigenvalue weighted by molar-refractivity contribution is 0.137. The zero-order chi connectivity index (χ0) is 17.3. The van der Waals surface area contributed by atoms with Crippen LogP contribution in [-0.2, 0) is 53.1 Å². The number of hydrogen-bond acceptors (Lipinski definition) is 7. The van der Waals surface area contributed by atoms with Gasteiger partial charge >= 0.3 is 0 Å². The molecule has 0 aromatic heterocycles. The van der Waals surface area contributed by atoms with Crippen molar-refractivity contribution in [3.8, 4) is 0 Å². The first kappa shape index (κ1) is 23.8. The van der Waals surface area contributed by atoms with E-state index in [0.29, 0.717) is 0 Å². The Morgan fingerprint density at radius 2 is 0.857 bits per heavy atom. The summed E-state index contributed by atoms with van der Waals surface area (Å²) in [5, 5.41) is 0. The first-order chi connectivity index (χ1) is 8.83. The Kier molecular flexibility index (Phi) is 9.11. The van der Waals surface area contributed by atoms with Crippen molar-refractivity contribution in [1.29, 1.82) is 0 Å². The molecule has 128 valence electrons. The second-order valence-electron chi connectivity index (χ2n) is 5.98. The van der Waals surface area contributed by atoms with Crippen LogP contribution in [0.15, 0.2) is 0 Å². The first-order valence-electron chi connectivity index (χ1n) is 5.65. The largest absolute Gasteiger partial charge is 0.316 e. The van der Waals surface area contributed by atoms with Gasteiger partial charge in [0.2, 0.25) is 0 Å². The minimum Gasteiger partial charge on any atom is -0.316 e. The fourth-order valence-electron chi connectivity index (χ4n) is 1.00. The number of hydrogen-bond donors (Lipinski definition) is 3. The Bertz CT molecular complexity index is 469. The van der Waals surface area contributed by atoms with Crippen molar-refractivity contribution in [2.75, 3.05) is 0 Å². The molecule has 0 saturated heterocycles. The van der Waals surface area contributed by atoms with Crippen molar-refractivity contribution in [2.45, 2.75) is 52.7 Å². The van der Waals surface area contributed by atoms with Crippen LogP contribution in [0.5, 0.6) is 0 Å². The molecule has 21 heavy (non-hydrogen) atoms. The Labute approximate surface area is 158 Å². The predicted molar refractivity (Wildman–Crippen MR) is 114 cm³/mol. The quantitative estimate of drug-likeness (QED) is 0.322. The summed E-state index contributed by atoms with van der Waals surface area (Å²) in [7, 11) is 0. The molecule has 4 nitrogen and oxygen atoms in total. The summed E-state index contributed by atoms with van der Waals surface area (Å²) >= 11 is 28.3. The molecule has 2 atom stereocenters. The summed E-state index contributed by atoms with van der Waals surface area (Å²) in [4.78, 5) is 0. The van der Waals surface area contributed by atoms with E-state index in [1.807, 2.05) is 41.5 Å². The summed E-state index contributed by atoms with van der Waals surface area (Å²) < 4.78 is 22.2. The summed E-state index contributed by atoms with van der Waals surface area (Å²) in [5.74, 6) is 0. The van der Waals surface area contributed by atoms with Crippen LogP contribution in [0.3, 0.4) is 0 Å². The van der Waals surface area contributed by atoms with E-state index in [2.05, 4.69) is 36.7 Å². The molecule has 2 unspecified atom stereocenters. The SMILES string of the molecule is CC(C)(C)OP(=S)(S)OP(=S)(S)OP(=S)(S)OC(C)(C)C. The van der Waals surface area contributed by atoms with Gasteiger partial charge in [-0.2, -0.15) is 0 Å². The molecule has 0 radical (unpaired) electrons. The first-order valence-corrected chi connectivity index (χ1v) is 17.0. The van der Waals surface area contributed by atoms with E-state index in [1.54, 1.807) is 0 Å².